The second-order valence-electron chi connectivity index (χ2n) is 4.77. The van der Waals surface area contributed by atoms with Gasteiger partial charge in [0.2, 0.25) is 0 Å². The fourth-order valence-electron chi connectivity index (χ4n) is 2.15. The van der Waals surface area contributed by atoms with Crippen molar-refractivity contribution in [2.24, 2.45) is 0 Å². The highest BCUT2D eigenvalue weighted by molar-refractivity contribution is 7.21. The number of para-hydroxylation sites is 1. The number of rotatable bonds is 6. The van der Waals surface area contributed by atoms with Crippen molar-refractivity contribution in [3.05, 3.63) is 52.6 Å². The zero-order valence-corrected chi connectivity index (χ0v) is 13.2. The zero-order chi connectivity index (χ0) is 16.2. The predicted octanol–water partition coefficient (Wildman–Crippen LogP) is 3.90. The number of hydrogen-bond donors (Lipinski definition) is 0. The zero-order valence-electron chi connectivity index (χ0n) is 12.4. The highest BCUT2D eigenvalue weighted by Gasteiger charge is 2.18. The maximum Gasteiger partial charge on any atom is 0.311 e. The Morgan fingerprint density at radius 1 is 1.22 bits per heavy atom. The van der Waals surface area contributed by atoms with Crippen LogP contribution in [0.1, 0.15) is 0 Å². The molecule has 0 aliphatic heterocycles. The number of hydrogen-bond acceptors (Lipinski definition) is 6. The van der Waals surface area contributed by atoms with Crippen molar-refractivity contribution >= 4 is 27.2 Å². The van der Waals surface area contributed by atoms with Crippen LogP contribution in [0, 0.1) is 10.1 Å². The van der Waals surface area contributed by atoms with Crippen molar-refractivity contribution in [3.8, 4) is 16.3 Å². The van der Waals surface area contributed by atoms with Gasteiger partial charge >= 0.3 is 5.69 Å². The number of nitro benzene ring substituents is 1. The third kappa shape index (κ3) is 3.30. The summed E-state index contributed by atoms with van der Waals surface area (Å²) < 4.78 is 11.3. The standard InChI is InChI=1S/C16H14N2O4S/c1-21-8-9-22-14-7-6-11(10-13(14)18(19)20)16-17-12-4-2-3-5-15(12)23-16/h2-7,10H,8-9H2,1H3. The monoisotopic (exact) mass is 330 g/mol. The molecule has 1 heterocycles. The van der Waals surface area contributed by atoms with Gasteiger partial charge < -0.3 is 9.47 Å². The fraction of sp³-hybridized carbons (Fsp3) is 0.188. The van der Waals surface area contributed by atoms with Crippen molar-refractivity contribution in [1.82, 2.24) is 4.98 Å². The molecule has 6 nitrogen and oxygen atoms in total. The molecule has 0 atom stereocenters. The Balaban J connectivity index is 1.96. The number of fused-ring (bicyclic) bond motifs is 1. The first kappa shape index (κ1) is 15.4. The lowest BCUT2D eigenvalue weighted by molar-refractivity contribution is -0.385. The second-order valence-corrected chi connectivity index (χ2v) is 5.80. The smallest absolute Gasteiger partial charge is 0.311 e. The van der Waals surface area contributed by atoms with Gasteiger partial charge in [0.1, 0.15) is 11.6 Å². The first-order valence-corrected chi connectivity index (χ1v) is 7.77. The lowest BCUT2D eigenvalue weighted by atomic mass is 10.2. The molecule has 0 saturated heterocycles. The molecule has 0 aliphatic carbocycles. The first-order chi connectivity index (χ1) is 11.2. The van der Waals surface area contributed by atoms with Gasteiger partial charge in [-0.2, -0.15) is 0 Å². The number of ether oxygens (including phenoxy) is 2. The number of thiazole rings is 1. The van der Waals surface area contributed by atoms with Gasteiger partial charge in [-0.15, -0.1) is 11.3 Å². The minimum absolute atomic E-state index is 0.0714. The molecule has 0 radical (unpaired) electrons. The van der Waals surface area contributed by atoms with Crippen LogP contribution in [0.5, 0.6) is 5.75 Å². The van der Waals surface area contributed by atoms with Crippen molar-refractivity contribution in [3.63, 3.8) is 0 Å². The van der Waals surface area contributed by atoms with Gasteiger partial charge in [0.25, 0.3) is 0 Å². The minimum atomic E-state index is -0.445. The number of nitro groups is 1. The van der Waals surface area contributed by atoms with Crippen LogP contribution < -0.4 is 4.74 Å². The average molecular weight is 330 g/mol. The summed E-state index contributed by atoms with van der Waals surface area (Å²) in [5, 5.41) is 12.0. The molecule has 7 heteroatoms. The molecule has 0 saturated carbocycles. The maximum absolute atomic E-state index is 11.3. The van der Waals surface area contributed by atoms with Gasteiger partial charge in [0, 0.05) is 18.7 Å². The normalized spacial score (nSPS) is 10.8. The molecular weight excluding hydrogens is 316 g/mol. The fourth-order valence-corrected chi connectivity index (χ4v) is 3.11. The van der Waals surface area contributed by atoms with Crippen molar-refractivity contribution in [1.29, 1.82) is 0 Å². The van der Waals surface area contributed by atoms with E-state index in [0.29, 0.717) is 12.2 Å². The Hall–Kier alpha value is -2.51. The molecule has 2 aromatic carbocycles. The van der Waals surface area contributed by atoms with Crippen molar-refractivity contribution < 1.29 is 14.4 Å². The number of benzene rings is 2. The van der Waals surface area contributed by atoms with Gasteiger partial charge in [-0.05, 0) is 24.3 Å². The molecule has 23 heavy (non-hydrogen) atoms. The lowest BCUT2D eigenvalue weighted by Gasteiger charge is -2.07. The van der Waals surface area contributed by atoms with Crippen LogP contribution >= 0.6 is 11.3 Å². The second kappa shape index (κ2) is 6.72. The van der Waals surface area contributed by atoms with Crippen LogP contribution in [0.4, 0.5) is 5.69 Å². The van der Waals surface area contributed by atoms with E-state index in [1.165, 1.54) is 17.4 Å². The van der Waals surface area contributed by atoms with Crippen LogP contribution in [0.3, 0.4) is 0 Å². The van der Waals surface area contributed by atoms with E-state index in [4.69, 9.17) is 9.47 Å². The molecule has 0 amide bonds. The number of nitrogens with zero attached hydrogens (tertiary/aromatic N) is 2. The molecule has 0 bridgehead atoms. The van der Waals surface area contributed by atoms with Gasteiger partial charge in [-0.25, -0.2) is 4.98 Å². The van der Waals surface area contributed by atoms with Crippen LogP contribution in [-0.2, 0) is 4.74 Å². The van der Waals surface area contributed by atoms with Gasteiger partial charge in [0.15, 0.2) is 5.75 Å². The topological polar surface area (TPSA) is 74.5 Å². The molecular formula is C16H14N2O4S. The highest BCUT2D eigenvalue weighted by Crippen LogP contribution is 2.35. The Kier molecular flexibility index (Phi) is 4.50. The summed E-state index contributed by atoms with van der Waals surface area (Å²) in [6.45, 7) is 0.634. The molecule has 0 fully saturated rings. The SMILES string of the molecule is COCCOc1ccc(-c2nc3ccccc3s2)cc1[N+](=O)[O-]. The molecule has 3 aromatic rings. The summed E-state index contributed by atoms with van der Waals surface area (Å²) in [6, 6.07) is 12.7. The van der Waals surface area contributed by atoms with E-state index in [1.807, 2.05) is 24.3 Å². The van der Waals surface area contributed by atoms with Crippen LogP contribution in [0.25, 0.3) is 20.8 Å². The van der Waals surface area contributed by atoms with E-state index >= 15 is 0 Å². The van der Waals surface area contributed by atoms with E-state index in [2.05, 4.69) is 4.98 Å². The van der Waals surface area contributed by atoms with Crippen LogP contribution in [0.2, 0.25) is 0 Å². The summed E-state index contributed by atoms with van der Waals surface area (Å²) in [6.07, 6.45) is 0. The molecule has 0 unspecified atom stereocenters. The summed E-state index contributed by atoms with van der Waals surface area (Å²) in [5.74, 6) is 0.233. The summed E-state index contributed by atoms with van der Waals surface area (Å²) >= 11 is 1.50. The van der Waals surface area contributed by atoms with E-state index in [9.17, 15) is 10.1 Å². The highest BCUT2D eigenvalue weighted by atomic mass is 32.1. The quantitative estimate of drug-likeness (QED) is 0.389. The Morgan fingerprint density at radius 3 is 2.78 bits per heavy atom. The molecule has 118 valence electrons. The van der Waals surface area contributed by atoms with E-state index in [1.54, 1.807) is 19.2 Å². The predicted molar refractivity (Wildman–Crippen MR) is 89.1 cm³/mol. The van der Waals surface area contributed by atoms with E-state index < -0.39 is 4.92 Å². The average Bonchev–Trinajstić information content (AvgIpc) is 2.99. The number of aromatic nitrogens is 1. The van der Waals surface area contributed by atoms with E-state index in [0.717, 1.165) is 15.2 Å². The Bertz CT molecular complexity index is 814. The van der Waals surface area contributed by atoms with Crippen molar-refractivity contribution in [2.75, 3.05) is 20.3 Å². The van der Waals surface area contributed by atoms with Gasteiger partial charge in [-0.3, -0.25) is 10.1 Å². The number of methoxy groups -OCH3 is 1. The Morgan fingerprint density at radius 2 is 2.04 bits per heavy atom. The summed E-state index contributed by atoms with van der Waals surface area (Å²) in [5.41, 5.74) is 1.52. The Labute approximate surface area is 136 Å². The third-order valence-electron chi connectivity index (χ3n) is 3.24. The summed E-state index contributed by atoms with van der Waals surface area (Å²) in [4.78, 5) is 15.4. The van der Waals surface area contributed by atoms with E-state index in [-0.39, 0.29) is 18.0 Å². The molecule has 0 spiro atoms. The third-order valence-corrected chi connectivity index (χ3v) is 4.33. The maximum atomic E-state index is 11.3. The van der Waals surface area contributed by atoms with Gasteiger partial charge in [0.05, 0.1) is 21.7 Å². The lowest BCUT2D eigenvalue weighted by Crippen LogP contribution is -2.06. The molecule has 3 rings (SSSR count). The van der Waals surface area contributed by atoms with Crippen molar-refractivity contribution in [2.45, 2.75) is 0 Å². The molecule has 0 aliphatic rings. The molecule has 1 aromatic heterocycles. The first-order valence-electron chi connectivity index (χ1n) is 6.95. The van der Waals surface area contributed by atoms with Crippen LogP contribution in [-0.4, -0.2) is 30.2 Å². The molecule has 0 N–H and O–H groups in total. The van der Waals surface area contributed by atoms with Gasteiger partial charge in [-0.1, -0.05) is 12.1 Å². The summed E-state index contributed by atoms with van der Waals surface area (Å²) in [7, 11) is 1.55. The van der Waals surface area contributed by atoms with Crippen LogP contribution in [0.15, 0.2) is 42.5 Å². The minimum Gasteiger partial charge on any atom is -0.484 e. The largest absolute Gasteiger partial charge is 0.484 e.